The number of carbonyl (C=O) groups excluding carboxylic acids is 2. The Morgan fingerprint density at radius 1 is 1.11 bits per heavy atom. The smallest absolute Gasteiger partial charge is 0.323 e. The molecule has 2 unspecified atom stereocenters. The molecule has 9 heteroatoms. The van der Waals surface area contributed by atoms with E-state index in [0.717, 1.165) is 21.9 Å². The third kappa shape index (κ3) is 10.3. The van der Waals surface area contributed by atoms with E-state index >= 15 is 0 Å². The van der Waals surface area contributed by atoms with Crippen molar-refractivity contribution in [3.05, 3.63) is 65.0 Å². The van der Waals surface area contributed by atoms with Crippen LogP contribution in [0.25, 0.3) is 10.1 Å². The Morgan fingerprint density at radius 3 is 2.37 bits per heavy atom. The molecule has 2 aromatic carbocycles. The maximum absolute atomic E-state index is 13.7. The van der Waals surface area contributed by atoms with Crippen molar-refractivity contribution in [3.63, 3.8) is 0 Å². The van der Waals surface area contributed by atoms with Gasteiger partial charge in [-0.15, -0.1) is 11.3 Å². The topological polar surface area (TPSA) is 93.7 Å². The number of fused-ring (bicyclic) bond motifs is 1. The van der Waals surface area contributed by atoms with Crippen LogP contribution >= 0.6 is 18.9 Å². The monoisotopic (exact) mass is 520 g/mol. The van der Waals surface area contributed by atoms with Gasteiger partial charge in [0.05, 0.1) is 17.6 Å². The second-order valence-corrected chi connectivity index (χ2v) is 10.6. The summed E-state index contributed by atoms with van der Waals surface area (Å²) < 4.78 is 25.7. The number of nitrogens with one attached hydrogen (secondary N) is 2. The first-order chi connectivity index (χ1) is 16.8. The number of thiophene rings is 1. The van der Waals surface area contributed by atoms with Crippen LogP contribution in [0.2, 0.25) is 0 Å². The minimum Gasteiger partial charge on any atom is -0.465 e. The Morgan fingerprint density at radius 2 is 1.77 bits per heavy atom. The predicted molar refractivity (Wildman–Crippen MR) is 146 cm³/mol. The van der Waals surface area contributed by atoms with Gasteiger partial charge in [0, 0.05) is 4.70 Å². The summed E-state index contributed by atoms with van der Waals surface area (Å²) in [6, 6.07) is 15.5. The quantitative estimate of drug-likeness (QED) is 0.185. The summed E-state index contributed by atoms with van der Waals surface area (Å²) in [5, 5.41) is 6.52. The maximum atomic E-state index is 13.7. The zero-order valence-electron chi connectivity index (χ0n) is 21.4. The standard InChI is InChI=1S/C22H24NO5PS.C2H7N.C2H6/c1-3-11-27-22(25)16(2)23-29(26,28-19-7-5-4-6-8-19)15-17-9-10-21-18(12-17)13-20(14-24)30-21;1-3-2;1-2/h4-10,12-14,16H,3,11,15H2,1-2H3,(H,23,26);3H,1-2H3;1-2H3. The highest BCUT2D eigenvalue weighted by molar-refractivity contribution is 7.56. The van der Waals surface area contributed by atoms with Crippen molar-refractivity contribution in [1.29, 1.82) is 0 Å². The van der Waals surface area contributed by atoms with Crippen molar-refractivity contribution in [2.24, 2.45) is 0 Å². The van der Waals surface area contributed by atoms with Crippen LogP contribution in [0.4, 0.5) is 0 Å². The lowest BCUT2D eigenvalue weighted by Crippen LogP contribution is -2.35. The van der Waals surface area contributed by atoms with Crippen LogP contribution in [-0.2, 0) is 20.3 Å². The molecule has 1 aromatic heterocycles. The molecule has 0 spiro atoms. The minimum absolute atomic E-state index is 0.0789. The molecule has 0 radical (unpaired) electrons. The van der Waals surface area contributed by atoms with Crippen LogP contribution in [0.3, 0.4) is 0 Å². The fourth-order valence-electron chi connectivity index (χ4n) is 2.94. The normalized spacial score (nSPS) is 12.7. The Labute approximate surface area is 212 Å². The van der Waals surface area contributed by atoms with Gasteiger partial charge in [-0.3, -0.25) is 14.2 Å². The van der Waals surface area contributed by atoms with E-state index in [1.165, 1.54) is 11.3 Å². The van der Waals surface area contributed by atoms with Gasteiger partial charge in [0.25, 0.3) is 0 Å². The minimum atomic E-state index is -3.50. The molecule has 7 nitrogen and oxygen atoms in total. The average molecular weight is 521 g/mol. The Bertz CT molecular complexity index is 1090. The van der Waals surface area contributed by atoms with Crippen LogP contribution in [0, 0.1) is 0 Å². The molecule has 2 atom stereocenters. The van der Waals surface area contributed by atoms with E-state index in [2.05, 4.69) is 10.4 Å². The third-order valence-electron chi connectivity index (χ3n) is 4.30. The van der Waals surface area contributed by atoms with Gasteiger partial charge < -0.3 is 14.6 Å². The molecular formula is C26H37N2O5PS. The van der Waals surface area contributed by atoms with Crippen LogP contribution in [0.15, 0.2) is 54.6 Å². The van der Waals surface area contributed by atoms with E-state index < -0.39 is 19.5 Å². The highest BCUT2D eigenvalue weighted by atomic mass is 32.1. The Hall–Kier alpha value is -2.51. The number of rotatable bonds is 10. The molecule has 3 aromatic rings. The third-order valence-corrected chi connectivity index (χ3v) is 7.40. The van der Waals surface area contributed by atoms with E-state index in [1.54, 1.807) is 37.3 Å². The van der Waals surface area contributed by atoms with Gasteiger partial charge in [-0.05, 0) is 68.7 Å². The van der Waals surface area contributed by atoms with E-state index in [-0.39, 0.29) is 6.16 Å². The summed E-state index contributed by atoms with van der Waals surface area (Å²) in [6.07, 6.45) is 1.61. The highest BCUT2D eigenvalue weighted by Crippen LogP contribution is 2.47. The second-order valence-electron chi connectivity index (χ2n) is 7.39. The van der Waals surface area contributed by atoms with Gasteiger partial charge in [-0.25, -0.2) is 5.09 Å². The van der Waals surface area contributed by atoms with Crippen LogP contribution in [-0.4, -0.2) is 39.0 Å². The first kappa shape index (κ1) is 30.5. The maximum Gasteiger partial charge on any atom is 0.323 e. The Balaban J connectivity index is 0.00000114. The van der Waals surface area contributed by atoms with Gasteiger partial charge in [-0.2, -0.15) is 0 Å². The molecule has 0 aliphatic carbocycles. The van der Waals surface area contributed by atoms with Crippen molar-refractivity contribution in [3.8, 4) is 5.75 Å². The molecule has 192 valence electrons. The molecule has 3 rings (SSSR count). The SMILES string of the molecule is CC.CCCOC(=O)C(C)NP(=O)(Cc1ccc2sc(C=O)cc2c1)Oc1ccccc1.CNC. The number of carbonyl (C=O) groups is 2. The summed E-state index contributed by atoms with van der Waals surface area (Å²) in [5.41, 5.74) is 0.777. The largest absolute Gasteiger partial charge is 0.465 e. The van der Waals surface area contributed by atoms with Gasteiger partial charge in [-0.1, -0.05) is 45.0 Å². The number of benzene rings is 2. The van der Waals surface area contributed by atoms with Crippen molar-refractivity contribution >= 4 is 41.2 Å². The van der Waals surface area contributed by atoms with Crippen molar-refractivity contribution in [1.82, 2.24) is 10.4 Å². The molecule has 1 heterocycles. The lowest BCUT2D eigenvalue weighted by molar-refractivity contribution is -0.145. The van der Waals surface area contributed by atoms with Crippen LogP contribution in [0.5, 0.6) is 5.75 Å². The molecule has 0 fully saturated rings. The molecular weight excluding hydrogens is 483 g/mol. The van der Waals surface area contributed by atoms with E-state index in [9.17, 15) is 14.2 Å². The van der Waals surface area contributed by atoms with E-state index in [4.69, 9.17) is 9.26 Å². The van der Waals surface area contributed by atoms with E-state index in [1.807, 2.05) is 59.1 Å². The fourth-order valence-corrected chi connectivity index (χ4v) is 5.84. The zero-order valence-corrected chi connectivity index (χ0v) is 23.1. The molecule has 0 amide bonds. The molecule has 0 aliphatic rings. The average Bonchev–Trinajstić information content (AvgIpc) is 3.27. The number of hydrogen-bond acceptors (Lipinski definition) is 7. The second kappa shape index (κ2) is 16.2. The number of ether oxygens (including phenoxy) is 1. The lowest BCUT2D eigenvalue weighted by atomic mass is 10.2. The van der Waals surface area contributed by atoms with Crippen molar-refractivity contribution in [2.75, 3.05) is 20.7 Å². The molecule has 0 bridgehead atoms. The number of para-hydroxylation sites is 1. The van der Waals surface area contributed by atoms with Crippen LogP contribution in [0.1, 0.15) is 49.4 Å². The highest BCUT2D eigenvalue weighted by Gasteiger charge is 2.31. The van der Waals surface area contributed by atoms with Gasteiger partial charge in [0.2, 0.25) is 0 Å². The van der Waals surface area contributed by atoms with Gasteiger partial charge in [0.1, 0.15) is 11.8 Å². The number of hydrogen-bond donors (Lipinski definition) is 2. The molecule has 2 N–H and O–H groups in total. The predicted octanol–water partition coefficient (Wildman–Crippen LogP) is 6.28. The van der Waals surface area contributed by atoms with Crippen molar-refractivity contribution < 1.29 is 23.4 Å². The van der Waals surface area contributed by atoms with Gasteiger partial charge >= 0.3 is 13.5 Å². The van der Waals surface area contributed by atoms with Gasteiger partial charge in [0.15, 0.2) is 6.29 Å². The summed E-state index contributed by atoms with van der Waals surface area (Å²) in [4.78, 5) is 23.9. The summed E-state index contributed by atoms with van der Waals surface area (Å²) in [7, 11) is 0.250. The van der Waals surface area contributed by atoms with E-state index in [0.29, 0.717) is 23.7 Å². The molecule has 0 aliphatic heterocycles. The summed E-state index contributed by atoms with van der Waals surface area (Å²) in [6.45, 7) is 7.82. The summed E-state index contributed by atoms with van der Waals surface area (Å²) in [5.74, 6) is -0.0278. The lowest BCUT2D eigenvalue weighted by Gasteiger charge is -2.24. The first-order valence-corrected chi connectivity index (χ1v) is 14.3. The van der Waals surface area contributed by atoms with Crippen molar-refractivity contribution in [2.45, 2.75) is 46.3 Å². The molecule has 0 saturated carbocycles. The fraction of sp³-hybridized carbons (Fsp3) is 0.385. The van der Waals surface area contributed by atoms with Crippen LogP contribution < -0.4 is 14.9 Å². The Kier molecular flexibility index (Phi) is 14.1. The number of esters is 1. The number of aldehydes is 1. The zero-order chi connectivity index (χ0) is 26.3. The first-order valence-electron chi connectivity index (χ1n) is 11.7. The molecule has 35 heavy (non-hydrogen) atoms. The summed E-state index contributed by atoms with van der Waals surface area (Å²) >= 11 is 1.40. The molecule has 0 saturated heterocycles.